The van der Waals surface area contributed by atoms with Crippen LogP contribution in [0, 0.1) is 0 Å². The zero-order valence-corrected chi connectivity index (χ0v) is 13.8. The lowest BCUT2D eigenvalue weighted by atomic mass is 10.1. The standard InChI is InChI=1S/C14H19BrN2OS/c1-4-5-16-13-9-6-10(15)12(19-8(2)3)7-11(9)17-14(13)18/h6-8,13,16H,4-5H2,1-3H3,(H,17,18). The SMILES string of the molecule is CCCNC1C(=O)Nc2cc(SC(C)C)c(Br)cc21. The summed E-state index contributed by atoms with van der Waals surface area (Å²) in [4.78, 5) is 13.2. The predicted octanol–water partition coefficient (Wildman–Crippen LogP) is 3.94. The molecule has 0 aromatic heterocycles. The van der Waals surface area contributed by atoms with Crippen LogP contribution in [0.2, 0.25) is 0 Å². The van der Waals surface area contributed by atoms with E-state index in [-0.39, 0.29) is 11.9 Å². The number of amides is 1. The van der Waals surface area contributed by atoms with Gasteiger partial charge in [0.15, 0.2) is 0 Å². The number of halogens is 1. The Morgan fingerprint density at radius 3 is 2.84 bits per heavy atom. The number of rotatable bonds is 5. The molecule has 0 bridgehead atoms. The first-order chi connectivity index (χ1) is 9.02. The van der Waals surface area contributed by atoms with Crippen LogP contribution in [0.1, 0.15) is 38.8 Å². The molecule has 0 saturated heterocycles. The first kappa shape index (κ1) is 14.9. The van der Waals surface area contributed by atoms with E-state index in [4.69, 9.17) is 0 Å². The van der Waals surface area contributed by atoms with Crippen molar-refractivity contribution in [2.24, 2.45) is 0 Å². The molecule has 1 aliphatic heterocycles. The molecule has 1 aliphatic rings. The summed E-state index contributed by atoms with van der Waals surface area (Å²) in [6.07, 6.45) is 1.02. The summed E-state index contributed by atoms with van der Waals surface area (Å²) in [6.45, 7) is 7.26. The summed E-state index contributed by atoms with van der Waals surface area (Å²) < 4.78 is 1.06. The van der Waals surface area contributed by atoms with Crippen LogP contribution in [0.15, 0.2) is 21.5 Å². The highest BCUT2D eigenvalue weighted by Crippen LogP contribution is 2.40. The van der Waals surface area contributed by atoms with Gasteiger partial charge < -0.3 is 10.6 Å². The van der Waals surface area contributed by atoms with Crippen molar-refractivity contribution in [2.75, 3.05) is 11.9 Å². The Hall–Kier alpha value is -0.520. The van der Waals surface area contributed by atoms with Crippen LogP contribution in [-0.4, -0.2) is 17.7 Å². The van der Waals surface area contributed by atoms with Gasteiger partial charge in [0, 0.05) is 25.9 Å². The summed E-state index contributed by atoms with van der Waals surface area (Å²) in [6, 6.07) is 3.91. The Labute approximate surface area is 127 Å². The third kappa shape index (κ3) is 3.33. The molecule has 1 heterocycles. The van der Waals surface area contributed by atoms with Gasteiger partial charge in [-0.2, -0.15) is 0 Å². The van der Waals surface area contributed by atoms with E-state index < -0.39 is 0 Å². The minimum Gasteiger partial charge on any atom is -0.324 e. The highest BCUT2D eigenvalue weighted by Gasteiger charge is 2.30. The molecule has 1 aromatic rings. The molecule has 0 saturated carbocycles. The fourth-order valence-corrected chi connectivity index (χ4v) is 3.60. The van der Waals surface area contributed by atoms with Crippen molar-refractivity contribution >= 4 is 39.3 Å². The Morgan fingerprint density at radius 2 is 2.21 bits per heavy atom. The third-order valence-corrected chi connectivity index (χ3v) is 4.88. The minimum absolute atomic E-state index is 0.0436. The molecular weight excluding hydrogens is 324 g/mol. The number of anilines is 1. The van der Waals surface area contributed by atoms with Crippen molar-refractivity contribution in [1.82, 2.24) is 5.32 Å². The lowest BCUT2D eigenvalue weighted by Crippen LogP contribution is -2.28. The van der Waals surface area contributed by atoms with E-state index in [1.54, 1.807) is 11.8 Å². The molecule has 104 valence electrons. The van der Waals surface area contributed by atoms with E-state index in [0.717, 1.165) is 28.7 Å². The molecule has 3 nitrogen and oxygen atoms in total. The Morgan fingerprint density at radius 1 is 1.47 bits per heavy atom. The van der Waals surface area contributed by atoms with Gasteiger partial charge in [0.05, 0.1) is 0 Å². The van der Waals surface area contributed by atoms with Crippen molar-refractivity contribution < 1.29 is 4.79 Å². The van der Waals surface area contributed by atoms with E-state index in [0.29, 0.717) is 5.25 Å². The average Bonchev–Trinajstić information content (AvgIpc) is 2.62. The summed E-state index contributed by atoms with van der Waals surface area (Å²) in [5, 5.41) is 6.76. The molecular formula is C14H19BrN2OS. The zero-order chi connectivity index (χ0) is 14.0. The number of thioether (sulfide) groups is 1. The maximum atomic E-state index is 12.0. The van der Waals surface area contributed by atoms with Crippen LogP contribution < -0.4 is 10.6 Å². The summed E-state index contributed by atoms with van der Waals surface area (Å²) in [5.41, 5.74) is 1.98. The summed E-state index contributed by atoms with van der Waals surface area (Å²) in [5.74, 6) is 0.0436. The number of fused-ring (bicyclic) bond motifs is 1. The second kappa shape index (κ2) is 6.29. The van der Waals surface area contributed by atoms with Gasteiger partial charge in [-0.15, -0.1) is 11.8 Å². The topological polar surface area (TPSA) is 41.1 Å². The van der Waals surface area contributed by atoms with E-state index >= 15 is 0 Å². The van der Waals surface area contributed by atoms with E-state index in [1.807, 2.05) is 0 Å². The number of carbonyl (C=O) groups is 1. The summed E-state index contributed by atoms with van der Waals surface area (Å²) >= 11 is 5.40. The predicted molar refractivity (Wildman–Crippen MR) is 84.8 cm³/mol. The van der Waals surface area contributed by atoms with E-state index in [2.05, 4.69) is 59.5 Å². The molecule has 0 aliphatic carbocycles. The fourth-order valence-electron chi connectivity index (χ4n) is 2.10. The normalized spacial score (nSPS) is 17.7. The van der Waals surface area contributed by atoms with Crippen LogP contribution in [0.3, 0.4) is 0 Å². The quantitative estimate of drug-likeness (QED) is 0.796. The van der Waals surface area contributed by atoms with Crippen LogP contribution in [0.4, 0.5) is 5.69 Å². The molecule has 2 rings (SSSR count). The highest BCUT2D eigenvalue weighted by molar-refractivity contribution is 9.10. The van der Waals surface area contributed by atoms with Gasteiger partial charge in [0.1, 0.15) is 6.04 Å². The van der Waals surface area contributed by atoms with Gasteiger partial charge in [-0.1, -0.05) is 20.8 Å². The minimum atomic E-state index is -0.218. The van der Waals surface area contributed by atoms with Crippen molar-refractivity contribution in [3.05, 3.63) is 22.2 Å². The lowest BCUT2D eigenvalue weighted by Gasteiger charge is -2.13. The summed E-state index contributed by atoms with van der Waals surface area (Å²) in [7, 11) is 0. The Balaban J connectivity index is 2.28. The first-order valence-corrected chi connectivity index (χ1v) is 8.24. The largest absolute Gasteiger partial charge is 0.324 e. The van der Waals surface area contributed by atoms with Gasteiger partial charge in [-0.3, -0.25) is 4.79 Å². The van der Waals surface area contributed by atoms with Gasteiger partial charge in [0.25, 0.3) is 0 Å². The molecule has 19 heavy (non-hydrogen) atoms. The van der Waals surface area contributed by atoms with Gasteiger partial charge >= 0.3 is 0 Å². The molecule has 1 atom stereocenters. The van der Waals surface area contributed by atoms with Crippen LogP contribution in [0.25, 0.3) is 0 Å². The number of benzene rings is 1. The van der Waals surface area contributed by atoms with Gasteiger partial charge in [-0.05, 0) is 41.0 Å². The van der Waals surface area contributed by atoms with E-state index in [9.17, 15) is 4.79 Å². The van der Waals surface area contributed by atoms with Crippen LogP contribution in [-0.2, 0) is 4.79 Å². The van der Waals surface area contributed by atoms with Crippen LogP contribution >= 0.6 is 27.7 Å². The molecule has 0 radical (unpaired) electrons. The van der Waals surface area contributed by atoms with E-state index in [1.165, 1.54) is 4.90 Å². The van der Waals surface area contributed by atoms with Gasteiger partial charge in [-0.25, -0.2) is 0 Å². The maximum absolute atomic E-state index is 12.0. The third-order valence-electron chi connectivity index (χ3n) is 2.90. The van der Waals surface area contributed by atoms with Crippen molar-refractivity contribution in [3.8, 4) is 0 Å². The zero-order valence-electron chi connectivity index (χ0n) is 11.4. The Bertz CT molecular complexity index is 491. The maximum Gasteiger partial charge on any atom is 0.246 e. The molecule has 1 aromatic carbocycles. The number of carbonyl (C=O) groups excluding carboxylic acids is 1. The fraction of sp³-hybridized carbons (Fsp3) is 0.500. The lowest BCUT2D eigenvalue weighted by molar-refractivity contribution is -0.117. The second-order valence-corrected chi connectivity index (χ2v) is 7.39. The molecule has 0 spiro atoms. The number of nitrogens with one attached hydrogen (secondary N) is 2. The van der Waals surface area contributed by atoms with Crippen LogP contribution in [0.5, 0.6) is 0 Å². The molecule has 1 amide bonds. The first-order valence-electron chi connectivity index (χ1n) is 6.57. The second-order valence-electron chi connectivity index (χ2n) is 4.91. The molecule has 5 heteroatoms. The number of hydrogen-bond acceptors (Lipinski definition) is 3. The Kier molecular flexibility index (Phi) is 4.92. The molecule has 0 fully saturated rings. The molecule has 1 unspecified atom stereocenters. The van der Waals surface area contributed by atoms with Crippen molar-refractivity contribution in [2.45, 2.75) is 43.4 Å². The number of hydrogen-bond donors (Lipinski definition) is 2. The monoisotopic (exact) mass is 342 g/mol. The highest BCUT2D eigenvalue weighted by atomic mass is 79.9. The van der Waals surface area contributed by atoms with Gasteiger partial charge in [0.2, 0.25) is 5.91 Å². The van der Waals surface area contributed by atoms with Crippen molar-refractivity contribution in [1.29, 1.82) is 0 Å². The molecule has 2 N–H and O–H groups in total. The average molecular weight is 343 g/mol. The van der Waals surface area contributed by atoms with Crippen molar-refractivity contribution in [3.63, 3.8) is 0 Å². The smallest absolute Gasteiger partial charge is 0.246 e.